The van der Waals surface area contributed by atoms with Crippen molar-refractivity contribution in [2.75, 3.05) is 5.32 Å². The first-order valence-corrected chi connectivity index (χ1v) is 11.1. The summed E-state index contributed by atoms with van der Waals surface area (Å²) >= 11 is 1.31. The molecule has 7 nitrogen and oxygen atoms in total. The zero-order chi connectivity index (χ0) is 20.0. The van der Waals surface area contributed by atoms with Crippen LogP contribution in [0.1, 0.15) is 34.3 Å². The molecule has 0 aliphatic carbocycles. The number of carbonyl (C=O) groups excluding carboxylic acids is 1. The third-order valence-corrected chi connectivity index (χ3v) is 6.16. The SMILES string of the molecule is CCCc1nnc(NC(=O)c2cccc(S(=O)(=O)NCc3ccccc3)c2)s1. The number of hydrogen-bond acceptors (Lipinski definition) is 6. The Morgan fingerprint density at radius 1 is 1.07 bits per heavy atom. The molecule has 0 saturated carbocycles. The molecule has 0 aliphatic rings. The molecule has 0 aliphatic heterocycles. The number of aryl methyl sites for hydroxylation is 1. The van der Waals surface area contributed by atoms with Gasteiger partial charge in [0.15, 0.2) is 0 Å². The maximum absolute atomic E-state index is 12.6. The molecule has 146 valence electrons. The third-order valence-electron chi connectivity index (χ3n) is 3.87. The number of sulfonamides is 1. The molecule has 2 aromatic carbocycles. The number of anilines is 1. The molecule has 0 atom stereocenters. The van der Waals surface area contributed by atoms with Crippen LogP contribution >= 0.6 is 11.3 Å². The Bertz CT molecular complexity index is 1050. The number of aromatic nitrogens is 2. The van der Waals surface area contributed by atoms with Crippen LogP contribution in [0, 0.1) is 0 Å². The average Bonchev–Trinajstić information content (AvgIpc) is 3.14. The van der Waals surface area contributed by atoms with E-state index in [1.165, 1.54) is 29.5 Å². The van der Waals surface area contributed by atoms with Crippen molar-refractivity contribution in [3.63, 3.8) is 0 Å². The van der Waals surface area contributed by atoms with Crippen molar-refractivity contribution in [3.05, 3.63) is 70.7 Å². The van der Waals surface area contributed by atoms with E-state index in [4.69, 9.17) is 0 Å². The molecule has 1 aromatic heterocycles. The monoisotopic (exact) mass is 416 g/mol. The quantitative estimate of drug-likeness (QED) is 0.587. The summed E-state index contributed by atoms with van der Waals surface area (Å²) in [4.78, 5) is 12.5. The van der Waals surface area contributed by atoms with E-state index in [9.17, 15) is 13.2 Å². The Kier molecular flexibility index (Phi) is 6.50. The van der Waals surface area contributed by atoms with Crippen molar-refractivity contribution < 1.29 is 13.2 Å². The van der Waals surface area contributed by atoms with Gasteiger partial charge in [-0.3, -0.25) is 10.1 Å². The van der Waals surface area contributed by atoms with E-state index < -0.39 is 15.9 Å². The molecule has 2 N–H and O–H groups in total. The summed E-state index contributed by atoms with van der Waals surface area (Å²) < 4.78 is 27.6. The van der Waals surface area contributed by atoms with Crippen molar-refractivity contribution in [1.29, 1.82) is 0 Å². The second kappa shape index (κ2) is 9.05. The maximum atomic E-state index is 12.6. The summed E-state index contributed by atoms with van der Waals surface area (Å²) in [6.45, 7) is 2.21. The number of benzene rings is 2. The van der Waals surface area contributed by atoms with E-state index in [0.717, 1.165) is 23.4 Å². The fourth-order valence-electron chi connectivity index (χ4n) is 2.45. The fourth-order valence-corrected chi connectivity index (χ4v) is 4.35. The van der Waals surface area contributed by atoms with E-state index in [-0.39, 0.29) is 17.0 Å². The van der Waals surface area contributed by atoms with Crippen molar-refractivity contribution in [1.82, 2.24) is 14.9 Å². The highest BCUT2D eigenvalue weighted by atomic mass is 32.2. The zero-order valence-corrected chi connectivity index (χ0v) is 16.9. The van der Waals surface area contributed by atoms with Gasteiger partial charge in [0.25, 0.3) is 5.91 Å². The molecule has 1 amide bonds. The smallest absolute Gasteiger partial charge is 0.257 e. The second-order valence-corrected chi connectivity index (χ2v) is 8.87. The van der Waals surface area contributed by atoms with Gasteiger partial charge in [-0.1, -0.05) is 54.7 Å². The summed E-state index contributed by atoms with van der Waals surface area (Å²) in [6.07, 6.45) is 1.74. The molecule has 0 bridgehead atoms. The van der Waals surface area contributed by atoms with Crippen LogP contribution < -0.4 is 10.0 Å². The van der Waals surface area contributed by atoms with Gasteiger partial charge < -0.3 is 0 Å². The first-order valence-electron chi connectivity index (χ1n) is 8.75. The number of amides is 1. The largest absolute Gasteiger partial charge is 0.296 e. The van der Waals surface area contributed by atoms with Crippen molar-refractivity contribution in [2.24, 2.45) is 0 Å². The van der Waals surface area contributed by atoms with Crippen LogP contribution in [0.2, 0.25) is 0 Å². The van der Waals surface area contributed by atoms with Crippen molar-refractivity contribution >= 4 is 32.4 Å². The predicted octanol–water partition coefficient (Wildman–Crippen LogP) is 3.22. The van der Waals surface area contributed by atoms with Crippen LogP contribution in [-0.4, -0.2) is 24.5 Å². The van der Waals surface area contributed by atoms with Crippen LogP contribution in [0.15, 0.2) is 59.5 Å². The van der Waals surface area contributed by atoms with Gasteiger partial charge in [-0.25, -0.2) is 13.1 Å². The number of rotatable bonds is 8. The molecule has 28 heavy (non-hydrogen) atoms. The normalized spacial score (nSPS) is 11.3. The lowest BCUT2D eigenvalue weighted by atomic mass is 10.2. The fraction of sp³-hybridized carbons (Fsp3) is 0.211. The van der Waals surface area contributed by atoms with Crippen LogP contribution in [0.5, 0.6) is 0 Å². The molecule has 0 fully saturated rings. The summed E-state index contributed by atoms with van der Waals surface area (Å²) in [5, 5.41) is 11.9. The van der Waals surface area contributed by atoms with Gasteiger partial charge in [0.05, 0.1) is 4.90 Å². The van der Waals surface area contributed by atoms with Crippen molar-refractivity contribution in [2.45, 2.75) is 31.2 Å². The van der Waals surface area contributed by atoms with E-state index >= 15 is 0 Å². The van der Waals surface area contributed by atoms with E-state index in [1.54, 1.807) is 6.07 Å². The molecule has 1 heterocycles. The van der Waals surface area contributed by atoms with E-state index in [1.807, 2.05) is 37.3 Å². The Morgan fingerprint density at radius 2 is 1.86 bits per heavy atom. The minimum absolute atomic E-state index is 0.0278. The molecule has 0 radical (unpaired) electrons. The number of carbonyl (C=O) groups is 1. The molecule has 0 spiro atoms. The Morgan fingerprint density at radius 3 is 2.61 bits per heavy atom. The van der Waals surface area contributed by atoms with Gasteiger partial charge in [0.1, 0.15) is 5.01 Å². The molecular formula is C19H20N4O3S2. The average molecular weight is 417 g/mol. The van der Waals surface area contributed by atoms with Gasteiger partial charge in [-0.05, 0) is 30.2 Å². The number of hydrogen-bond donors (Lipinski definition) is 2. The summed E-state index contributed by atoms with van der Waals surface area (Å²) in [7, 11) is -3.75. The van der Waals surface area contributed by atoms with Gasteiger partial charge in [0, 0.05) is 18.5 Å². The highest BCUT2D eigenvalue weighted by molar-refractivity contribution is 7.89. The van der Waals surface area contributed by atoms with Gasteiger partial charge in [-0.2, -0.15) is 0 Å². The lowest BCUT2D eigenvalue weighted by Crippen LogP contribution is -2.23. The minimum Gasteiger partial charge on any atom is -0.296 e. The lowest BCUT2D eigenvalue weighted by Gasteiger charge is -2.08. The van der Waals surface area contributed by atoms with Gasteiger partial charge in [-0.15, -0.1) is 10.2 Å². The number of nitrogens with one attached hydrogen (secondary N) is 2. The van der Waals surface area contributed by atoms with Crippen LogP contribution in [0.25, 0.3) is 0 Å². The first-order chi connectivity index (χ1) is 13.5. The molecule has 9 heteroatoms. The lowest BCUT2D eigenvalue weighted by molar-refractivity contribution is 0.102. The zero-order valence-electron chi connectivity index (χ0n) is 15.3. The minimum atomic E-state index is -3.75. The highest BCUT2D eigenvalue weighted by Gasteiger charge is 2.17. The summed E-state index contributed by atoms with van der Waals surface area (Å²) in [5.41, 5.74) is 1.08. The van der Waals surface area contributed by atoms with Gasteiger partial charge in [0.2, 0.25) is 15.2 Å². The molecule has 0 unspecified atom stereocenters. The van der Waals surface area contributed by atoms with Crippen LogP contribution in [0.3, 0.4) is 0 Å². The van der Waals surface area contributed by atoms with E-state index in [0.29, 0.717) is 5.13 Å². The Labute approximate surface area is 167 Å². The highest BCUT2D eigenvalue weighted by Crippen LogP contribution is 2.18. The second-order valence-electron chi connectivity index (χ2n) is 6.04. The van der Waals surface area contributed by atoms with Crippen molar-refractivity contribution in [3.8, 4) is 0 Å². The topological polar surface area (TPSA) is 101 Å². The molecular weight excluding hydrogens is 396 g/mol. The predicted molar refractivity (Wildman–Crippen MR) is 109 cm³/mol. The molecule has 3 rings (SSSR count). The standard InChI is InChI=1S/C19H20N4O3S2/c1-2-7-17-22-23-19(27-17)21-18(24)15-10-6-11-16(12-15)28(25,26)20-13-14-8-4-3-5-9-14/h3-6,8-12,20H,2,7,13H2,1H3,(H,21,23,24). The van der Waals surface area contributed by atoms with Crippen LogP contribution in [-0.2, 0) is 23.0 Å². The van der Waals surface area contributed by atoms with Gasteiger partial charge >= 0.3 is 0 Å². The first kappa shape index (κ1) is 20.1. The third kappa shape index (κ3) is 5.22. The Balaban J connectivity index is 1.70. The molecule has 0 saturated heterocycles. The van der Waals surface area contributed by atoms with Crippen LogP contribution in [0.4, 0.5) is 5.13 Å². The summed E-state index contributed by atoms with van der Waals surface area (Å²) in [5.74, 6) is -0.431. The molecule has 3 aromatic rings. The maximum Gasteiger partial charge on any atom is 0.257 e. The van der Waals surface area contributed by atoms with E-state index in [2.05, 4.69) is 20.2 Å². The Hall–Kier alpha value is -2.62. The summed E-state index contributed by atoms with van der Waals surface area (Å²) in [6, 6.07) is 15.1. The number of nitrogens with zero attached hydrogens (tertiary/aromatic N) is 2.